The molecule has 0 fully saturated rings. The van der Waals surface area contributed by atoms with Crippen molar-refractivity contribution in [2.45, 2.75) is 38.3 Å². The van der Waals surface area contributed by atoms with Gasteiger partial charge in [0, 0.05) is 12.6 Å². The quantitative estimate of drug-likeness (QED) is 0.837. The van der Waals surface area contributed by atoms with Crippen LogP contribution in [0.5, 0.6) is 0 Å². The van der Waals surface area contributed by atoms with Crippen LogP contribution in [0, 0.1) is 6.92 Å². The Hall–Kier alpha value is -0.910. The summed E-state index contributed by atoms with van der Waals surface area (Å²) in [6.45, 7) is 6.63. The number of hydrogen-bond acceptors (Lipinski definition) is 3. The van der Waals surface area contributed by atoms with Crippen LogP contribution in [-0.4, -0.2) is 21.5 Å². The van der Waals surface area contributed by atoms with Crippen molar-refractivity contribution in [3.05, 3.63) is 29.3 Å². The van der Waals surface area contributed by atoms with E-state index in [0.29, 0.717) is 17.5 Å². The smallest absolute Gasteiger partial charge is 0.240 e. The molecule has 0 spiro atoms. The lowest BCUT2D eigenvalue weighted by molar-refractivity contribution is 0.581. The summed E-state index contributed by atoms with van der Waals surface area (Å²) in [5.41, 5.74) is 1.81. The molecule has 5 heteroatoms. The maximum absolute atomic E-state index is 11.8. The van der Waals surface area contributed by atoms with Crippen molar-refractivity contribution >= 4 is 10.0 Å². The van der Waals surface area contributed by atoms with Gasteiger partial charge in [0.1, 0.15) is 0 Å². The Morgan fingerprint density at radius 2 is 1.94 bits per heavy atom. The largest absolute Gasteiger partial charge is 0.310 e. The van der Waals surface area contributed by atoms with Gasteiger partial charge in [-0.1, -0.05) is 26.0 Å². The van der Waals surface area contributed by atoms with Gasteiger partial charge in [0.15, 0.2) is 0 Å². The van der Waals surface area contributed by atoms with Gasteiger partial charge in [0.05, 0.1) is 4.90 Å². The van der Waals surface area contributed by atoms with Gasteiger partial charge in [0.25, 0.3) is 0 Å². The summed E-state index contributed by atoms with van der Waals surface area (Å²) in [6, 6.07) is 5.72. The van der Waals surface area contributed by atoms with Crippen molar-refractivity contribution in [2.24, 2.45) is 0 Å². The van der Waals surface area contributed by atoms with Gasteiger partial charge in [-0.2, -0.15) is 0 Å². The molecule has 1 aromatic carbocycles. The van der Waals surface area contributed by atoms with Crippen LogP contribution >= 0.6 is 0 Å². The van der Waals surface area contributed by atoms with Crippen LogP contribution in [-0.2, 0) is 16.6 Å². The summed E-state index contributed by atoms with van der Waals surface area (Å²) < 4.78 is 25.9. The maximum atomic E-state index is 11.8. The van der Waals surface area contributed by atoms with E-state index < -0.39 is 10.0 Å². The van der Waals surface area contributed by atoms with E-state index in [2.05, 4.69) is 23.9 Å². The third-order valence-electron chi connectivity index (χ3n) is 2.66. The number of hydrogen-bond donors (Lipinski definition) is 2. The van der Waals surface area contributed by atoms with Crippen molar-refractivity contribution < 1.29 is 8.42 Å². The van der Waals surface area contributed by atoms with Gasteiger partial charge >= 0.3 is 0 Å². The Labute approximate surface area is 103 Å². The van der Waals surface area contributed by atoms with Crippen molar-refractivity contribution in [1.29, 1.82) is 0 Å². The molecule has 0 heterocycles. The first-order valence-electron chi connectivity index (χ1n) is 5.64. The Morgan fingerprint density at radius 3 is 2.47 bits per heavy atom. The molecule has 0 amide bonds. The molecule has 1 aromatic rings. The standard InChI is InChI=1S/C12H20N2O2S/c1-9(2)14-8-11-6-5-7-12(10(11)3)17(15,16)13-4/h5-7,9,13-14H,8H2,1-4H3. The number of rotatable bonds is 5. The van der Waals surface area contributed by atoms with E-state index in [1.165, 1.54) is 7.05 Å². The zero-order chi connectivity index (χ0) is 13.1. The van der Waals surface area contributed by atoms with Crippen LogP contribution in [0.25, 0.3) is 0 Å². The third-order valence-corrected chi connectivity index (χ3v) is 4.21. The predicted octanol–water partition coefficient (Wildman–Crippen LogP) is 1.40. The molecule has 4 nitrogen and oxygen atoms in total. The first-order chi connectivity index (χ1) is 7.88. The molecule has 2 N–H and O–H groups in total. The number of benzene rings is 1. The Morgan fingerprint density at radius 1 is 1.29 bits per heavy atom. The fourth-order valence-corrected chi connectivity index (χ4v) is 2.58. The van der Waals surface area contributed by atoms with Crippen LogP contribution in [0.1, 0.15) is 25.0 Å². The minimum Gasteiger partial charge on any atom is -0.310 e. The molecule has 0 unspecified atom stereocenters. The molecular weight excluding hydrogens is 236 g/mol. The summed E-state index contributed by atoms with van der Waals surface area (Å²) in [5.74, 6) is 0. The molecule has 0 bridgehead atoms. The van der Waals surface area contributed by atoms with Gasteiger partial charge in [-0.15, -0.1) is 0 Å². The third kappa shape index (κ3) is 3.52. The lowest BCUT2D eigenvalue weighted by Crippen LogP contribution is -2.24. The highest BCUT2D eigenvalue weighted by Gasteiger charge is 2.15. The molecule has 0 aliphatic carbocycles. The van der Waals surface area contributed by atoms with Crippen molar-refractivity contribution in [1.82, 2.24) is 10.0 Å². The van der Waals surface area contributed by atoms with Crippen LogP contribution < -0.4 is 10.0 Å². The van der Waals surface area contributed by atoms with E-state index in [0.717, 1.165) is 11.1 Å². The zero-order valence-corrected chi connectivity index (χ0v) is 11.6. The molecule has 0 aromatic heterocycles. The Bertz CT molecular complexity index is 481. The summed E-state index contributed by atoms with van der Waals surface area (Å²) in [7, 11) is -1.94. The lowest BCUT2D eigenvalue weighted by atomic mass is 10.1. The minimum absolute atomic E-state index is 0.350. The van der Waals surface area contributed by atoms with E-state index in [1.54, 1.807) is 12.1 Å². The predicted molar refractivity (Wildman–Crippen MR) is 69.4 cm³/mol. The molecule has 0 saturated heterocycles. The SMILES string of the molecule is CNS(=O)(=O)c1cccc(CNC(C)C)c1C. The van der Waals surface area contributed by atoms with Crippen molar-refractivity contribution in [2.75, 3.05) is 7.05 Å². The number of nitrogens with one attached hydrogen (secondary N) is 2. The summed E-state index contributed by atoms with van der Waals surface area (Å²) in [6.07, 6.45) is 0. The van der Waals surface area contributed by atoms with Crippen LogP contribution in [0.2, 0.25) is 0 Å². The Kier molecular flexibility index (Phi) is 4.68. The summed E-state index contributed by atoms with van der Waals surface area (Å²) in [5, 5.41) is 3.28. The zero-order valence-electron chi connectivity index (χ0n) is 10.7. The molecular formula is C12H20N2O2S. The first-order valence-corrected chi connectivity index (χ1v) is 7.12. The van der Waals surface area contributed by atoms with Crippen LogP contribution in [0.3, 0.4) is 0 Å². The highest BCUT2D eigenvalue weighted by molar-refractivity contribution is 7.89. The normalized spacial score (nSPS) is 12.1. The molecule has 17 heavy (non-hydrogen) atoms. The number of sulfonamides is 1. The fraction of sp³-hybridized carbons (Fsp3) is 0.500. The summed E-state index contributed by atoms with van der Waals surface area (Å²) in [4.78, 5) is 0.350. The van der Waals surface area contributed by atoms with Crippen molar-refractivity contribution in [3.63, 3.8) is 0 Å². The second-order valence-corrected chi connectivity index (χ2v) is 6.14. The van der Waals surface area contributed by atoms with Crippen LogP contribution in [0.15, 0.2) is 23.1 Å². The second kappa shape index (κ2) is 5.62. The van der Waals surface area contributed by atoms with Gasteiger partial charge in [0.2, 0.25) is 10.0 Å². The van der Waals surface area contributed by atoms with E-state index in [9.17, 15) is 8.42 Å². The lowest BCUT2D eigenvalue weighted by Gasteiger charge is -2.13. The van der Waals surface area contributed by atoms with Crippen LogP contribution in [0.4, 0.5) is 0 Å². The molecule has 0 atom stereocenters. The van der Waals surface area contributed by atoms with E-state index in [1.807, 2.05) is 13.0 Å². The molecule has 0 radical (unpaired) electrons. The highest BCUT2D eigenvalue weighted by Crippen LogP contribution is 2.18. The van der Waals surface area contributed by atoms with E-state index >= 15 is 0 Å². The van der Waals surface area contributed by atoms with Gasteiger partial charge in [-0.3, -0.25) is 0 Å². The minimum atomic E-state index is -3.37. The molecule has 0 saturated carbocycles. The molecule has 0 aliphatic heterocycles. The topological polar surface area (TPSA) is 58.2 Å². The molecule has 0 aliphatic rings. The van der Waals surface area contributed by atoms with Gasteiger partial charge in [-0.25, -0.2) is 13.1 Å². The van der Waals surface area contributed by atoms with Gasteiger partial charge in [-0.05, 0) is 31.2 Å². The molecule has 1 rings (SSSR count). The summed E-state index contributed by atoms with van der Waals surface area (Å²) >= 11 is 0. The second-order valence-electron chi connectivity index (χ2n) is 4.28. The first kappa shape index (κ1) is 14.2. The molecule has 96 valence electrons. The highest BCUT2D eigenvalue weighted by atomic mass is 32.2. The Balaban J connectivity index is 3.08. The monoisotopic (exact) mass is 256 g/mol. The maximum Gasteiger partial charge on any atom is 0.240 e. The van der Waals surface area contributed by atoms with E-state index in [-0.39, 0.29) is 0 Å². The average molecular weight is 256 g/mol. The van der Waals surface area contributed by atoms with Crippen molar-refractivity contribution in [3.8, 4) is 0 Å². The fourth-order valence-electron chi connectivity index (χ4n) is 1.57. The average Bonchev–Trinajstić information content (AvgIpc) is 2.27. The van der Waals surface area contributed by atoms with E-state index in [4.69, 9.17) is 0 Å². The van der Waals surface area contributed by atoms with Gasteiger partial charge < -0.3 is 5.32 Å².